The molecule has 0 aliphatic carbocycles. The van der Waals surface area contributed by atoms with Gasteiger partial charge >= 0.3 is 0 Å². The Morgan fingerprint density at radius 1 is 1.17 bits per heavy atom. The molecule has 1 aromatic heterocycles. The van der Waals surface area contributed by atoms with Gasteiger partial charge in [-0.1, -0.05) is 18.2 Å². The minimum Gasteiger partial charge on any atom is -0.300 e. The maximum atomic E-state index is 13.1. The fourth-order valence-corrected chi connectivity index (χ4v) is 4.40. The summed E-state index contributed by atoms with van der Waals surface area (Å²) < 4.78 is 14.3. The zero-order chi connectivity index (χ0) is 16.5. The zero-order valence-electron chi connectivity index (χ0n) is 13.8. The van der Waals surface area contributed by atoms with Crippen LogP contribution < -0.4 is 0 Å². The van der Waals surface area contributed by atoms with Crippen LogP contribution in [0.2, 0.25) is 0 Å². The molecule has 0 spiro atoms. The van der Waals surface area contributed by atoms with Crippen molar-refractivity contribution in [1.29, 1.82) is 0 Å². The summed E-state index contributed by atoms with van der Waals surface area (Å²) in [6.45, 7) is 4.65. The molecule has 24 heavy (non-hydrogen) atoms. The quantitative estimate of drug-likeness (QED) is 0.654. The summed E-state index contributed by atoms with van der Waals surface area (Å²) in [6, 6.07) is 13.7. The molecule has 2 aromatic carbocycles. The fraction of sp³-hybridized carbons (Fsp3) is 0.350. The van der Waals surface area contributed by atoms with E-state index < -0.39 is 0 Å². The summed E-state index contributed by atoms with van der Waals surface area (Å²) >= 11 is 1.79. The van der Waals surface area contributed by atoms with Gasteiger partial charge in [-0.25, -0.2) is 9.37 Å². The molecule has 1 fully saturated rings. The van der Waals surface area contributed by atoms with Crippen molar-refractivity contribution in [3.8, 4) is 11.1 Å². The van der Waals surface area contributed by atoms with E-state index in [2.05, 4.69) is 30.0 Å². The summed E-state index contributed by atoms with van der Waals surface area (Å²) in [6.07, 6.45) is 3.67. The first-order chi connectivity index (χ1) is 11.7. The van der Waals surface area contributed by atoms with Crippen LogP contribution in [0.1, 0.15) is 24.8 Å². The van der Waals surface area contributed by atoms with Crippen molar-refractivity contribution >= 4 is 21.6 Å². The van der Waals surface area contributed by atoms with Gasteiger partial charge in [0, 0.05) is 19.0 Å². The van der Waals surface area contributed by atoms with Crippen LogP contribution in [0.25, 0.3) is 21.3 Å². The molecule has 1 atom stereocenters. The van der Waals surface area contributed by atoms with Gasteiger partial charge in [-0.05, 0) is 61.7 Å². The Hall–Kier alpha value is -1.78. The fourth-order valence-electron chi connectivity index (χ4n) is 3.47. The minimum absolute atomic E-state index is 0.202. The lowest BCUT2D eigenvalue weighted by Gasteiger charge is -2.19. The number of halogens is 1. The third kappa shape index (κ3) is 3.21. The number of benzene rings is 2. The van der Waals surface area contributed by atoms with Crippen LogP contribution in [-0.4, -0.2) is 29.0 Å². The molecule has 4 rings (SSSR count). The second-order valence-corrected chi connectivity index (χ2v) is 7.69. The maximum absolute atomic E-state index is 13.1. The molecule has 1 aliphatic heterocycles. The molecule has 2 heterocycles. The van der Waals surface area contributed by atoms with Gasteiger partial charge in [0.05, 0.1) is 15.2 Å². The SMILES string of the molecule is C[C@@H]1CCCN1CCc1nc2cc(-c3ccc(F)cc3)ccc2s1. The molecular formula is C20H21FN2S. The molecule has 3 aromatic rings. The Balaban J connectivity index is 1.53. The zero-order valence-corrected chi connectivity index (χ0v) is 14.7. The molecular weight excluding hydrogens is 319 g/mol. The Kier molecular flexibility index (Phi) is 4.33. The van der Waals surface area contributed by atoms with Gasteiger partial charge in [0.2, 0.25) is 0 Å². The summed E-state index contributed by atoms with van der Waals surface area (Å²) in [5.74, 6) is -0.202. The van der Waals surface area contributed by atoms with Gasteiger partial charge in [0.15, 0.2) is 0 Å². The number of aromatic nitrogens is 1. The number of rotatable bonds is 4. The van der Waals surface area contributed by atoms with Gasteiger partial charge < -0.3 is 4.90 Å². The summed E-state index contributed by atoms with van der Waals surface area (Å²) in [7, 11) is 0. The summed E-state index contributed by atoms with van der Waals surface area (Å²) in [5.41, 5.74) is 3.16. The van der Waals surface area contributed by atoms with E-state index in [1.807, 2.05) is 12.1 Å². The molecule has 0 unspecified atom stereocenters. The Morgan fingerprint density at radius 2 is 1.96 bits per heavy atom. The normalized spacial score (nSPS) is 18.5. The number of fused-ring (bicyclic) bond motifs is 1. The van der Waals surface area contributed by atoms with Gasteiger partial charge in [-0.15, -0.1) is 11.3 Å². The van der Waals surface area contributed by atoms with Gasteiger partial charge in [-0.2, -0.15) is 0 Å². The third-order valence-corrected chi connectivity index (χ3v) is 6.01. The van der Waals surface area contributed by atoms with Crippen molar-refractivity contribution in [3.63, 3.8) is 0 Å². The summed E-state index contributed by atoms with van der Waals surface area (Å²) in [5, 5.41) is 1.21. The Morgan fingerprint density at radius 3 is 2.71 bits per heavy atom. The highest BCUT2D eigenvalue weighted by Gasteiger charge is 2.20. The second-order valence-electron chi connectivity index (χ2n) is 6.57. The first-order valence-corrected chi connectivity index (χ1v) is 9.40. The molecule has 0 amide bonds. The van der Waals surface area contributed by atoms with Crippen LogP contribution in [0, 0.1) is 5.82 Å². The molecule has 0 N–H and O–H groups in total. The van der Waals surface area contributed by atoms with Crippen LogP contribution in [0.15, 0.2) is 42.5 Å². The second kappa shape index (κ2) is 6.61. The van der Waals surface area contributed by atoms with Crippen LogP contribution >= 0.6 is 11.3 Å². The molecule has 0 radical (unpaired) electrons. The van der Waals surface area contributed by atoms with E-state index in [0.717, 1.165) is 29.6 Å². The van der Waals surface area contributed by atoms with Crippen molar-refractivity contribution in [2.75, 3.05) is 13.1 Å². The number of hydrogen-bond donors (Lipinski definition) is 0. The highest BCUT2D eigenvalue weighted by molar-refractivity contribution is 7.18. The lowest BCUT2D eigenvalue weighted by atomic mass is 10.1. The van der Waals surface area contributed by atoms with E-state index in [4.69, 9.17) is 4.98 Å². The highest BCUT2D eigenvalue weighted by Crippen LogP contribution is 2.28. The van der Waals surface area contributed by atoms with E-state index in [1.165, 1.54) is 41.2 Å². The van der Waals surface area contributed by atoms with Crippen molar-refractivity contribution < 1.29 is 4.39 Å². The van der Waals surface area contributed by atoms with E-state index in [1.54, 1.807) is 11.3 Å². The summed E-state index contributed by atoms with van der Waals surface area (Å²) in [4.78, 5) is 7.39. The Labute approximate surface area is 146 Å². The van der Waals surface area contributed by atoms with Gasteiger partial charge in [0.1, 0.15) is 5.82 Å². The van der Waals surface area contributed by atoms with Crippen LogP contribution in [-0.2, 0) is 6.42 Å². The van der Waals surface area contributed by atoms with Crippen molar-refractivity contribution in [1.82, 2.24) is 9.88 Å². The largest absolute Gasteiger partial charge is 0.300 e. The van der Waals surface area contributed by atoms with Crippen LogP contribution in [0.5, 0.6) is 0 Å². The average Bonchev–Trinajstić information content (AvgIpc) is 3.18. The van der Waals surface area contributed by atoms with Crippen molar-refractivity contribution in [3.05, 3.63) is 53.3 Å². The highest BCUT2D eigenvalue weighted by atomic mass is 32.1. The number of thiazole rings is 1. The first kappa shape index (κ1) is 15.7. The molecule has 2 nitrogen and oxygen atoms in total. The number of nitrogens with zero attached hydrogens (tertiary/aromatic N) is 2. The molecule has 0 bridgehead atoms. The topological polar surface area (TPSA) is 16.1 Å². The van der Waals surface area contributed by atoms with Crippen LogP contribution in [0.3, 0.4) is 0 Å². The van der Waals surface area contributed by atoms with E-state index in [9.17, 15) is 4.39 Å². The van der Waals surface area contributed by atoms with Gasteiger partial charge in [0.25, 0.3) is 0 Å². The lowest BCUT2D eigenvalue weighted by Crippen LogP contribution is -2.28. The van der Waals surface area contributed by atoms with Crippen molar-refractivity contribution in [2.45, 2.75) is 32.2 Å². The Bertz CT molecular complexity index is 840. The molecule has 0 saturated carbocycles. The number of likely N-dealkylation sites (tertiary alicyclic amines) is 1. The predicted molar refractivity (Wildman–Crippen MR) is 99.0 cm³/mol. The van der Waals surface area contributed by atoms with E-state index >= 15 is 0 Å². The maximum Gasteiger partial charge on any atom is 0.123 e. The molecule has 4 heteroatoms. The van der Waals surface area contributed by atoms with Crippen molar-refractivity contribution in [2.24, 2.45) is 0 Å². The standard InChI is InChI=1S/C20H21FN2S/c1-14-3-2-11-23(14)12-10-20-22-18-13-16(6-9-19(18)24-20)15-4-7-17(21)8-5-15/h4-9,13-14H,2-3,10-12H2,1H3/t14-/m1/s1. The molecule has 1 aliphatic rings. The average molecular weight is 340 g/mol. The van der Waals surface area contributed by atoms with Crippen LogP contribution in [0.4, 0.5) is 4.39 Å². The van der Waals surface area contributed by atoms with E-state index in [0.29, 0.717) is 6.04 Å². The smallest absolute Gasteiger partial charge is 0.123 e. The first-order valence-electron chi connectivity index (χ1n) is 8.58. The monoisotopic (exact) mass is 340 g/mol. The molecule has 124 valence electrons. The lowest BCUT2D eigenvalue weighted by molar-refractivity contribution is 0.272. The minimum atomic E-state index is -0.202. The van der Waals surface area contributed by atoms with Gasteiger partial charge in [-0.3, -0.25) is 0 Å². The predicted octanol–water partition coefficient (Wildman–Crippen LogP) is 5.13. The molecule has 1 saturated heterocycles. The van der Waals surface area contributed by atoms with E-state index in [-0.39, 0.29) is 5.82 Å². The third-order valence-electron chi connectivity index (χ3n) is 4.91. The number of hydrogen-bond acceptors (Lipinski definition) is 3.